The molecule has 2 aromatic carbocycles. The lowest BCUT2D eigenvalue weighted by Crippen LogP contribution is -2.45. The van der Waals surface area contributed by atoms with Gasteiger partial charge >= 0.3 is 0 Å². The Balaban J connectivity index is 1.95. The number of hydrogen-bond acceptors (Lipinski definition) is 2. The highest BCUT2D eigenvalue weighted by molar-refractivity contribution is 5.53. The summed E-state index contributed by atoms with van der Waals surface area (Å²) in [6, 6.07) is 20.2. The third kappa shape index (κ3) is 2.79. The molecule has 0 fully saturated rings. The fourth-order valence-corrected chi connectivity index (χ4v) is 2.47. The third-order valence-corrected chi connectivity index (χ3v) is 3.50. The van der Waals surface area contributed by atoms with E-state index in [9.17, 15) is 0 Å². The maximum absolute atomic E-state index is 7.95. The molecule has 1 N–H and O–H groups in total. The maximum atomic E-state index is 7.95. The molecule has 0 aliphatic rings. The Morgan fingerprint density at radius 2 is 1.67 bits per heavy atom. The van der Waals surface area contributed by atoms with Gasteiger partial charge < -0.3 is 4.52 Å². The Bertz CT molecular complexity index is 759. The highest BCUT2D eigenvalue weighted by atomic mass is 16.5. The molecule has 0 aliphatic heterocycles. The van der Waals surface area contributed by atoms with Crippen molar-refractivity contribution in [3.05, 3.63) is 71.8 Å². The minimum Gasteiger partial charge on any atom is -0.486 e. The molecule has 3 rings (SSSR count). The molecule has 106 valence electrons. The first-order valence-electron chi connectivity index (χ1n) is 6.98. The van der Waals surface area contributed by atoms with Crippen LogP contribution in [-0.2, 0) is 6.42 Å². The highest BCUT2D eigenvalue weighted by Crippen LogP contribution is 2.14. The molecule has 0 amide bonds. The summed E-state index contributed by atoms with van der Waals surface area (Å²) in [5.74, 6) is 0. The minimum atomic E-state index is 0.0983. The number of rotatable bonds is 4. The van der Waals surface area contributed by atoms with E-state index in [0.717, 1.165) is 17.7 Å². The molecule has 1 atom stereocenters. The van der Waals surface area contributed by atoms with Crippen molar-refractivity contribution >= 4 is 0 Å². The van der Waals surface area contributed by atoms with Crippen LogP contribution in [-0.4, -0.2) is 0 Å². The van der Waals surface area contributed by atoms with Crippen LogP contribution in [0.4, 0.5) is 0 Å². The van der Waals surface area contributed by atoms with Gasteiger partial charge in [-0.05, 0) is 24.6 Å². The quantitative estimate of drug-likeness (QED) is 0.746. The SMILES string of the molecule is CC(Cc1ccccc1)[n+]1[n-]oc(=N)c1-c1ccccc1. The van der Waals surface area contributed by atoms with Crippen LogP contribution in [0.3, 0.4) is 0 Å². The van der Waals surface area contributed by atoms with E-state index in [1.54, 1.807) is 4.68 Å². The van der Waals surface area contributed by atoms with Crippen LogP contribution < -0.4 is 15.5 Å². The summed E-state index contributed by atoms with van der Waals surface area (Å²) in [6.45, 7) is 2.08. The predicted octanol–water partition coefficient (Wildman–Crippen LogP) is 2.47. The lowest BCUT2D eigenvalue weighted by molar-refractivity contribution is -0.778. The summed E-state index contributed by atoms with van der Waals surface area (Å²) in [4.78, 5) is 0. The van der Waals surface area contributed by atoms with Gasteiger partial charge in [-0.2, -0.15) is 0 Å². The maximum Gasteiger partial charge on any atom is 0.273 e. The van der Waals surface area contributed by atoms with Gasteiger partial charge in [0.15, 0.2) is 6.04 Å². The van der Waals surface area contributed by atoms with Crippen LogP contribution >= 0.6 is 0 Å². The largest absolute Gasteiger partial charge is 0.486 e. The van der Waals surface area contributed by atoms with Gasteiger partial charge in [-0.15, -0.1) is 0 Å². The molecule has 4 heteroatoms. The zero-order chi connectivity index (χ0) is 14.7. The van der Waals surface area contributed by atoms with Crippen molar-refractivity contribution in [3.8, 4) is 11.3 Å². The topological polar surface area (TPSA) is 55.0 Å². The molecule has 21 heavy (non-hydrogen) atoms. The lowest BCUT2D eigenvalue weighted by atomic mass is 10.1. The van der Waals surface area contributed by atoms with E-state index in [-0.39, 0.29) is 11.6 Å². The first-order valence-corrected chi connectivity index (χ1v) is 6.98. The van der Waals surface area contributed by atoms with Crippen molar-refractivity contribution < 1.29 is 9.20 Å². The zero-order valence-corrected chi connectivity index (χ0v) is 11.9. The fourth-order valence-electron chi connectivity index (χ4n) is 2.47. The number of aromatic nitrogens is 2. The predicted molar refractivity (Wildman–Crippen MR) is 78.4 cm³/mol. The Kier molecular flexibility index (Phi) is 3.69. The summed E-state index contributed by atoms with van der Waals surface area (Å²) < 4.78 is 6.88. The molecule has 0 radical (unpaired) electrons. The van der Waals surface area contributed by atoms with Crippen LogP contribution in [0.1, 0.15) is 18.5 Å². The molecule has 0 saturated heterocycles. The van der Waals surface area contributed by atoms with Crippen molar-refractivity contribution in [2.75, 3.05) is 0 Å². The van der Waals surface area contributed by atoms with E-state index in [1.165, 1.54) is 5.56 Å². The van der Waals surface area contributed by atoms with Crippen molar-refractivity contribution in [3.63, 3.8) is 0 Å². The van der Waals surface area contributed by atoms with E-state index >= 15 is 0 Å². The summed E-state index contributed by atoms with van der Waals surface area (Å²) in [5.41, 5.74) is 3.01. The molecule has 0 aliphatic carbocycles. The first kappa shape index (κ1) is 13.4. The normalized spacial score (nSPS) is 12.2. The molecular formula is C17H17N3O. The molecule has 1 unspecified atom stereocenters. The Morgan fingerprint density at radius 1 is 1.05 bits per heavy atom. The van der Waals surface area contributed by atoms with Gasteiger partial charge in [0.25, 0.3) is 11.2 Å². The monoisotopic (exact) mass is 279 g/mol. The van der Waals surface area contributed by atoms with Crippen molar-refractivity contribution in [2.45, 2.75) is 19.4 Å². The third-order valence-electron chi connectivity index (χ3n) is 3.50. The van der Waals surface area contributed by atoms with Gasteiger partial charge in [-0.3, -0.25) is 10.7 Å². The van der Waals surface area contributed by atoms with Crippen LogP contribution in [0, 0.1) is 5.41 Å². The number of nitrogens with one attached hydrogen (secondary N) is 1. The summed E-state index contributed by atoms with van der Waals surface area (Å²) >= 11 is 0. The average molecular weight is 279 g/mol. The highest BCUT2D eigenvalue weighted by Gasteiger charge is 2.20. The van der Waals surface area contributed by atoms with Crippen molar-refractivity contribution in [1.82, 2.24) is 5.27 Å². The first-order chi connectivity index (χ1) is 10.3. The van der Waals surface area contributed by atoms with E-state index in [4.69, 9.17) is 9.93 Å². The smallest absolute Gasteiger partial charge is 0.273 e. The number of hydrogen-bond donors (Lipinski definition) is 1. The summed E-state index contributed by atoms with van der Waals surface area (Å²) in [5, 5.41) is 12.0. The Hall–Kier alpha value is -2.62. The van der Waals surface area contributed by atoms with Gasteiger partial charge in [-0.25, -0.2) is 4.68 Å². The fraction of sp³-hybridized carbons (Fsp3) is 0.176. The number of nitrogens with zero attached hydrogens (tertiary/aromatic N) is 2. The van der Waals surface area contributed by atoms with E-state index in [0.29, 0.717) is 0 Å². The number of benzene rings is 2. The van der Waals surface area contributed by atoms with Crippen LogP contribution in [0.15, 0.2) is 65.2 Å². The molecule has 0 bridgehead atoms. The van der Waals surface area contributed by atoms with E-state index in [2.05, 4.69) is 24.3 Å². The Labute approximate surface area is 123 Å². The van der Waals surface area contributed by atoms with Gasteiger partial charge in [0, 0.05) is 6.42 Å². The molecule has 4 nitrogen and oxygen atoms in total. The van der Waals surface area contributed by atoms with Gasteiger partial charge in [0.1, 0.15) is 0 Å². The van der Waals surface area contributed by atoms with Crippen molar-refractivity contribution in [2.24, 2.45) is 0 Å². The molecule has 3 aromatic rings. The van der Waals surface area contributed by atoms with Crippen molar-refractivity contribution in [1.29, 1.82) is 5.41 Å². The van der Waals surface area contributed by atoms with E-state index < -0.39 is 0 Å². The molecular weight excluding hydrogens is 262 g/mol. The lowest BCUT2D eigenvalue weighted by Gasteiger charge is -2.11. The summed E-state index contributed by atoms with van der Waals surface area (Å²) in [6.07, 6.45) is 0.845. The average Bonchev–Trinajstić information content (AvgIpc) is 2.91. The second-order valence-electron chi connectivity index (χ2n) is 5.10. The second-order valence-corrected chi connectivity index (χ2v) is 5.10. The van der Waals surface area contributed by atoms with Gasteiger partial charge in [0.2, 0.25) is 0 Å². The van der Waals surface area contributed by atoms with Crippen LogP contribution in [0.25, 0.3) is 11.3 Å². The zero-order valence-electron chi connectivity index (χ0n) is 11.9. The van der Waals surface area contributed by atoms with E-state index in [1.807, 2.05) is 48.5 Å². The molecule has 0 saturated carbocycles. The minimum absolute atomic E-state index is 0.0983. The summed E-state index contributed by atoms with van der Waals surface area (Å²) in [7, 11) is 0. The Morgan fingerprint density at radius 3 is 2.33 bits per heavy atom. The second kappa shape index (κ2) is 5.79. The van der Waals surface area contributed by atoms with Crippen LogP contribution in [0.5, 0.6) is 0 Å². The molecule has 1 heterocycles. The standard InChI is InChI=1S/C17H17N3O/c1-13(12-14-8-4-2-5-9-14)20-16(17(18)21-19-20)15-10-6-3-7-11-15/h2-11,13,18H,12H2,1H3. The molecule has 1 aromatic heterocycles. The van der Waals surface area contributed by atoms with Gasteiger partial charge in [-0.1, -0.05) is 48.5 Å². The molecule has 0 spiro atoms. The van der Waals surface area contributed by atoms with Crippen LogP contribution in [0.2, 0.25) is 0 Å². The van der Waals surface area contributed by atoms with Gasteiger partial charge in [0.05, 0.1) is 5.56 Å².